The first kappa shape index (κ1) is 14.1. The van der Waals surface area contributed by atoms with E-state index in [0.29, 0.717) is 11.8 Å². The molecule has 2 N–H and O–H groups in total. The van der Waals surface area contributed by atoms with Gasteiger partial charge < -0.3 is 5.73 Å². The molecule has 1 aliphatic rings. The lowest BCUT2D eigenvalue weighted by molar-refractivity contribution is 0.597. The predicted molar refractivity (Wildman–Crippen MR) is 76.6 cm³/mol. The Hall–Kier alpha value is -0.980. The number of unbranched alkanes of at least 4 members (excludes halogenated alkanes) is 2. The van der Waals surface area contributed by atoms with Crippen LogP contribution in [0.3, 0.4) is 0 Å². The Labute approximate surface area is 106 Å². The molecule has 0 fully saturated rings. The highest BCUT2D eigenvalue weighted by Crippen LogP contribution is 2.26. The van der Waals surface area contributed by atoms with Crippen molar-refractivity contribution in [2.45, 2.75) is 52.9 Å². The van der Waals surface area contributed by atoms with Crippen LogP contribution in [-0.2, 0) is 0 Å². The van der Waals surface area contributed by atoms with Crippen LogP contribution in [0, 0.1) is 11.8 Å². The summed E-state index contributed by atoms with van der Waals surface area (Å²) in [5.41, 5.74) is 8.60. The second kappa shape index (κ2) is 7.37. The van der Waals surface area contributed by atoms with Crippen LogP contribution in [0.2, 0.25) is 0 Å². The average Bonchev–Trinajstić information content (AvgIpc) is 2.32. The zero-order chi connectivity index (χ0) is 12.7. The van der Waals surface area contributed by atoms with E-state index in [1.54, 1.807) is 5.57 Å². The van der Waals surface area contributed by atoms with Crippen molar-refractivity contribution in [2.75, 3.05) is 0 Å². The molecule has 96 valence electrons. The van der Waals surface area contributed by atoms with E-state index in [1.807, 2.05) is 0 Å². The highest BCUT2D eigenvalue weighted by Gasteiger charge is 2.11. The molecule has 0 heterocycles. The maximum Gasteiger partial charge on any atom is 0.00862 e. The number of rotatable bonds is 4. The van der Waals surface area contributed by atoms with E-state index in [2.05, 4.69) is 45.1 Å². The van der Waals surface area contributed by atoms with Gasteiger partial charge in [0, 0.05) is 5.70 Å². The SMILES string of the molecule is CCCCC/C1=C/C(C)/C=C\C=C(\N)CC1C. The van der Waals surface area contributed by atoms with Crippen LogP contribution in [0.4, 0.5) is 0 Å². The zero-order valence-electron chi connectivity index (χ0n) is 11.6. The number of nitrogens with two attached hydrogens (primary N) is 1. The first-order valence-corrected chi connectivity index (χ1v) is 6.97. The van der Waals surface area contributed by atoms with Crippen molar-refractivity contribution in [3.05, 3.63) is 35.6 Å². The summed E-state index contributed by atoms with van der Waals surface area (Å²) in [7, 11) is 0. The van der Waals surface area contributed by atoms with Gasteiger partial charge in [0.05, 0.1) is 0 Å². The summed E-state index contributed by atoms with van der Waals surface area (Å²) in [6, 6.07) is 0. The first-order chi connectivity index (χ1) is 8.13. The van der Waals surface area contributed by atoms with Gasteiger partial charge in [-0.1, -0.05) is 57.4 Å². The van der Waals surface area contributed by atoms with Crippen molar-refractivity contribution in [1.29, 1.82) is 0 Å². The monoisotopic (exact) mass is 233 g/mol. The Morgan fingerprint density at radius 1 is 1.29 bits per heavy atom. The molecule has 17 heavy (non-hydrogen) atoms. The van der Waals surface area contributed by atoms with Crippen LogP contribution in [-0.4, -0.2) is 0 Å². The van der Waals surface area contributed by atoms with Crippen LogP contribution in [0.25, 0.3) is 0 Å². The first-order valence-electron chi connectivity index (χ1n) is 6.97. The standard InChI is InChI=1S/C16H27N/c1-4-5-6-9-15-11-13(2)8-7-10-16(17)12-14(15)3/h7-8,10-11,13-14H,4-6,9,12,17H2,1-3H3/b8-7-,15-11-,16-10+. The smallest absolute Gasteiger partial charge is 0.00862 e. The van der Waals surface area contributed by atoms with Gasteiger partial charge in [0.25, 0.3) is 0 Å². The summed E-state index contributed by atoms with van der Waals surface area (Å²) in [6.45, 7) is 6.81. The van der Waals surface area contributed by atoms with E-state index in [-0.39, 0.29) is 0 Å². The van der Waals surface area contributed by atoms with E-state index in [4.69, 9.17) is 5.73 Å². The topological polar surface area (TPSA) is 26.0 Å². The summed E-state index contributed by atoms with van der Waals surface area (Å²) in [5, 5.41) is 0. The second-order valence-electron chi connectivity index (χ2n) is 5.29. The molecule has 0 aromatic carbocycles. The highest BCUT2D eigenvalue weighted by molar-refractivity contribution is 5.20. The lowest BCUT2D eigenvalue weighted by Crippen LogP contribution is -2.07. The normalized spacial score (nSPS) is 33.6. The lowest BCUT2D eigenvalue weighted by atomic mass is 9.90. The van der Waals surface area contributed by atoms with E-state index in [1.165, 1.54) is 25.7 Å². The van der Waals surface area contributed by atoms with Gasteiger partial charge in [-0.05, 0) is 37.2 Å². The lowest BCUT2D eigenvalue weighted by Gasteiger charge is -2.17. The summed E-state index contributed by atoms with van der Waals surface area (Å²) < 4.78 is 0. The zero-order valence-corrected chi connectivity index (χ0v) is 11.6. The van der Waals surface area contributed by atoms with Crippen LogP contribution >= 0.6 is 0 Å². The average molecular weight is 233 g/mol. The van der Waals surface area contributed by atoms with Gasteiger partial charge in [0.2, 0.25) is 0 Å². The molecule has 1 rings (SSSR count). The Kier molecular flexibility index (Phi) is 6.10. The van der Waals surface area contributed by atoms with Crippen LogP contribution in [0.5, 0.6) is 0 Å². The molecule has 1 heteroatoms. The maximum atomic E-state index is 6.01. The molecular weight excluding hydrogens is 206 g/mol. The predicted octanol–water partition coefficient (Wildman–Crippen LogP) is 4.57. The van der Waals surface area contributed by atoms with Gasteiger partial charge in [-0.2, -0.15) is 0 Å². The molecule has 2 atom stereocenters. The molecule has 0 amide bonds. The minimum atomic E-state index is 0.524. The summed E-state index contributed by atoms with van der Waals surface area (Å²) in [5.74, 6) is 1.11. The molecule has 1 nitrogen and oxygen atoms in total. The number of hydrogen-bond acceptors (Lipinski definition) is 1. The van der Waals surface area contributed by atoms with Crippen LogP contribution in [0.1, 0.15) is 52.9 Å². The van der Waals surface area contributed by atoms with Gasteiger partial charge in [0.15, 0.2) is 0 Å². The summed E-state index contributed by atoms with van der Waals surface area (Å²) in [4.78, 5) is 0. The molecule has 0 aromatic rings. The minimum Gasteiger partial charge on any atom is -0.402 e. The van der Waals surface area contributed by atoms with Crippen molar-refractivity contribution in [3.8, 4) is 0 Å². The Morgan fingerprint density at radius 3 is 2.76 bits per heavy atom. The van der Waals surface area contributed by atoms with Crippen molar-refractivity contribution in [3.63, 3.8) is 0 Å². The third-order valence-electron chi connectivity index (χ3n) is 3.45. The molecule has 0 bridgehead atoms. The van der Waals surface area contributed by atoms with Gasteiger partial charge >= 0.3 is 0 Å². The molecule has 0 saturated carbocycles. The van der Waals surface area contributed by atoms with Gasteiger partial charge in [-0.3, -0.25) is 0 Å². The van der Waals surface area contributed by atoms with Gasteiger partial charge in [0.1, 0.15) is 0 Å². The Balaban J connectivity index is 2.72. The second-order valence-corrected chi connectivity index (χ2v) is 5.29. The van der Waals surface area contributed by atoms with Gasteiger partial charge in [-0.25, -0.2) is 0 Å². The van der Waals surface area contributed by atoms with E-state index in [9.17, 15) is 0 Å². The number of hydrogen-bond donors (Lipinski definition) is 1. The molecule has 2 unspecified atom stereocenters. The minimum absolute atomic E-state index is 0.524. The quantitative estimate of drug-likeness (QED) is 0.558. The largest absolute Gasteiger partial charge is 0.402 e. The number of allylic oxidation sites excluding steroid dienone is 6. The van der Waals surface area contributed by atoms with Crippen LogP contribution < -0.4 is 5.73 Å². The summed E-state index contributed by atoms with van der Waals surface area (Å²) in [6.07, 6.45) is 15.0. The Bertz CT molecular complexity index is 309. The molecule has 0 spiro atoms. The van der Waals surface area contributed by atoms with Crippen molar-refractivity contribution in [1.82, 2.24) is 0 Å². The van der Waals surface area contributed by atoms with Crippen molar-refractivity contribution < 1.29 is 0 Å². The van der Waals surface area contributed by atoms with Crippen molar-refractivity contribution >= 4 is 0 Å². The highest BCUT2D eigenvalue weighted by atomic mass is 14.6. The fraction of sp³-hybridized carbons (Fsp3) is 0.625. The van der Waals surface area contributed by atoms with Crippen molar-refractivity contribution in [2.24, 2.45) is 17.6 Å². The molecular formula is C16H27N. The Morgan fingerprint density at radius 2 is 2.06 bits per heavy atom. The molecule has 0 aromatic heterocycles. The van der Waals surface area contributed by atoms with E-state index >= 15 is 0 Å². The summed E-state index contributed by atoms with van der Waals surface area (Å²) >= 11 is 0. The third kappa shape index (κ3) is 5.25. The fourth-order valence-corrected chi connectivity index (χ4v) is 2.37. The molecule has 0 radical (unpaired) electrons. The third-order valence-corrected chi connectivity index (χ3v) is 3.45. The van der Waals surface area contributed by atoms with Gasteiger partial charge in [-0.15, -0.1) is 0 Å². The van der Waals surface area contributed by atoms with Crippen LogP contribution in [0.15, 0.2) is 35.6 Å². The molecule has 0 aliphatic heterocycles. The molecule has 0 saturated heterocycles. The van der Waals surface area contributed by atoms with E-state index < -0.39 is 0 Å². The fourth-order valence-electron chi connectivity index (χ4n) is 2.37. The van der Waals surface area contributed by atoms with E-state index in [0.717, 1.165) is 12.1 Å². The maximum absolute atomic E-state index is 6.01. The molecule has 1 aliphatic carbocycles.